The van der Waals surface area contributed by atoms with Crippen LogP contribution < -0.4 is 5.32 Å². The SMILES string of the molecule is CN=C(NCc1ncc(C(C)(C)C)o1)N1CCN(Cc2ccon2)CC1.I. The van der Waals surface area contributed by atoms with Crippen molar-refractivity contribution in [1.82, 2.24) is 25.3 Å². The smallest absolute Gasteiger partial charge is 0.213 e. The van der Waals surface area contributed by atoms with Gasteiger partial charge in [0.15, 0.2) is 5.96 Å². The van der Waals surface area contributed by atoms with Gasteiger partial charge < -0.3 is 19.2 Å². The molecule has 0 amide bonds. The van der Waals surface area contributed by atoms with Crippen molar-refractivity contribution in [1.29, 1.82) is 0 Å². The van der Waals surface area contributed by atoms with Crippen LogP contribution in [-0.2, 0) is 18.5 Å². The van der Waals surface area contributed by atoms with Crippen molar-refractivity contribution < 1.29 is 8.94 Å². The van der Waals surface area contributed by atoms with Gasteiger partial charge in [-0.3, -0.25) is 9.89 Å². The minimum absolute atomic E-state index is 0. The molecule has 0 aromatic carbocycles. The van der Waals surface area contributed by atoms with Gasteiger partial charge in [-0.1, -0.05) is 25.9 Å². The summed E-state index contributed by atoms with van der Waals surface area (Å²) in [5.41, 5.74) is 0.937. The van der Waals surface area contributed by atoms with Crippen molar-refractivity contribution in [2.24, 2.45) is 4.99 Å². The van der Waals surface area contributed by atoms with Crippen molar-refractivity contribution in [3.05, 3.63) is 35.9 Å². The van der Waals surface area contributed by atoms with E-state index >= 15 is 0 Å². The van der Waals surface area contributed by atoms with Gasteiger partial charge in [-0.05, 0) is 0 Å². The molecule has 3 heterocycles. The number of guanidine groups is 1. The first-order valence-electron chi connectivity index (χ1n) is 8.98. The molecule has 0 spiro atoms. The summed E-state index contributed by atoms with van der Waals surface area (Å²) in [7, 11) is 1.81. The number of aromatic nitrogens is 2. The fourth-order valence-electron chi connectivity index (χ4n) is 2.89. The minimum atomic E-state index is -0.0346. The molecule has 8 nitrogen and oxygen atoms in total. The molecule has 9 heteroatoms. The van der Waals surface area contributed by atoms with E-state index in [4.69, 9.17) is 8.94 Å². The van der Waals surface area contributed by atoms with Gasteiger partial charge in [0.1, 0.15) is 12.0 Å². The molecule has 0 bridgehead atoms. The predicted octanol–water partition coefficient (Wildman–Crippen LogP) is 2.47. The number of halogens is 1. The van der Waals surface area contributed by atoms with Crippen LogP contribution in [0.2, 0.25) is 0 Å². The number of hydrogen-bond donors (Lipinski definition) is 1. The van der Waals surface area contributed by atoms with Gasteiger partial charge in [-0.15, -0.1) is 24.0 Å². The second kappa shape index (κ2) is 9.54. The van der Waals surface area contributed by atoms with Crippen LogP contribution in [0.3, 0.4) is 0 Å². The molecule has 0 aliphatic carbocycles. The molecule has 1 aliphatic rings. The third-order valence-electron chi connectivity index (χ3n) is 4.45. The summed E-state index contributed by atoms with van der Waals surface area (Å²) in [5.74, 6) is 2.45. The second-order valence-electron chi connectivity index (χ2n) is 7.52. The standard InChI is InChI=1S/C18H28N6O2.HI/c1-18(2,3)15-11-20-16(26-15)12-21-17(19-4)24-8-6-23(7-9-24)13-14-5-10-25-22-14;/h5,10-11H,6-9,12-13H2,1-4H3,(H,19,21);1H. The first kappa shape index (κ1) is 21.7. The third kappa shape index (κ3) is 5.93. The molecule has 0 saturated carbocycles. The molecule has 1 saturated heterocycles. The molecule has 1 fully saturated rings. The summed E-state index contributed by atoms with van der Waals surface area (Å²) >= 11 is 0. The monoisotopic (exact) mass is 488 g/mol. The van der Waals surface area contributed by atoms with Crippen LogP contribution >= 0.6 is 24.0 Å². The van der Waals surface area contributed by atoms with E-state index in [0.717, 1.165) is 50.1 Å². The van der Waals surface area contributed by atoms with Gasteiger partial charge in [0.2, 0.25) is 5.89 Å². The van der Waals surface area contributed by atoms with Gasteiger partial charge in [-0.2, -0.15) is 0 Å². The van der Waals surface area contributed by atoms with Gasteiger partial charge in [0, 0.05) is 51.3 Å². The maximum absolute atomic E-state index is 5.83. The molecule has 0 atom stereocenters. The summed E-state index contributed by atoms with van der Waals surface area (Å²) in [5, 5.41) is 7.33. The lowest BCUT2D eigenvalue weighted by molar-refractivity contribution is 0.168. The number of oxazole rings is 1. The quantitative estimate of drug-likeness (QED) is 0.402. The van der Waals surface area contributed by atoms with Crippen LogP contribution in [0.25, 0.3) is 0 Å². The maximum Gasteiger partial charge on any atom is 0.213 e. The van der Waals surface area contributed by atoms with E-state index in [9.17, 15) is 0 Å². The van der Waals surface area contributed by atoms with Crippen LogP contribution in [0.5, 0.6) is 0 Å². The Hall–Kier alpha value is -1.62. The van der Waals surface area contributed by atoms with Crippen LogP contribution in [0.1, 0.15) is 38.1 Å². The van der Waals surface area contributed by atoms with Crippen molar-refractivity contribution in [3.63, 3.8) is 0 Å². The summed E-state index contributed by atoms with van der Waals surface area (Å²) in [4.78, 5) is 13.4. The number of nitrogens with one attached hydrogen (secondary N) is 1. The van der Waals surface area contributed by atoms with E-state index in [0.29, 0.717) is 12.4 Å². The zero-order chi connectivity index (χ0) is 18.6. The molecule has 2 aromatic heterocycles. The van der Waals surface area contributed by atoms with E-state index in [1.54, 1.807) is 13.3 Å². The third-order valence-corrected chi connectivity index (χ3v) is 4.45. The van der Waals surface area contributed by atoms with E-state index in [2.05, 4.69) is 51.0 Å². The molecule has 27 heavy (non-hydrogen) atoms. The van der Waals surface area contributed by atoms with Gasteiger partial charge in [-0.25, -0.2) is 4.98 Å². The van der Waals surface area contributed by atoms with Crippen molar-refractivity contribution in [2.75, 3.05) is 33.2 Å². The number of aliphatic imine (C=N–C) groups is 1. The zero-order valence-electron chi connectivity index (χ0n) is 16.4. The Morgan fingerprint density at radius 1 is 1.26 bits per heavy atom. The Morgan fingerprint density at radius 2 is 2.00 bits per heavy atom. The largest absolute Gasteiger partial charge is 0.443 e. The fraction of sp³-hybridized carbons (Fsp3) is 0.611. The average molecular weight is 488 g/mol. The van der Waals surface area contributed by atoms with Crippen molar-refractivity contribution in [2.45, 2.75) is 39.3 Å². The molecule has 1 N–H and O–H groups in total. The van der Waals surface area contributed by atoms with Crippen LogP contribution in [0.4, 0.5) is 0 Å². The number of piperazine rings is 1. The number of rotatable bonds is 4. The lowest BCUT2D eigenvalue weighted by Gasteiger charge is -2.36. The predicted molar refractivity (Wildman–Crippen MR) is 114 cm³/mol. The van der Waals surface area contributed by atoms with Crippen molar-refractivity contribution >= 4 is 29.9 Å². The normalized spacial score (nSPS) is 16.3. The van der Waals surface area contributed by atoms with Gasteiger partial charge in [0.05, 0.1) is 18.4 Å². The van der Waals surface area contributed by atoms with Crippen LogP contribution in [0, 0.1) is 0 Å². The highest BCUT2D eigenvalue weighted by Gasteiger charge is 2.22. The van der Waals surface area contributed by atoms with E-state index in [-0.39, 0.29) is 29.4 Å². The molecule has 0 unspecified atom stereocenters. The molecule has 1 aliphatic heterocycles. The van der Waals surface area contributed by atoms with E-state index in [1.165, 1.54) is 0 Å². The number of nitrogens with zero attached hydrogens (tertiary/aromatic N) is 5. The summed E-state index contributed by atoms with van der Waals surface area (Å²) in [6.07, 6.45) is 3.42. The van der Waals surface area contributed by atoms with Crippen LogP contribution in [-0.4, -0.2) is 59.1 Å². The first-order chi connectivity index (χ1) is 12.5. The van der Waals surface area contributed by atoms with Gasteiger partial charge >= 0.3 is 0 Å². The Kier molecular flexibility index (Phi) is 7.66. The summed E-state index contributed by atoms with van der Waals surface area (Å²) in [6.45, 7) is 11.4. The molecule has 2 aromatic rings. The first-order valence-corrected chi connectivity index (χ1v) is 8.98. The minimum Gasteiger partial charge on any atom is -0.443 e. The maximum atomic E-state index is 5.83. The highest BCUT2D eigenvalue weighted by atomic mass is 127. The molecule has 150 valence electrons. The van der Waals surface area contributed by atoms with E-state index in [1.807, 2.05) is 12.3 Å². The Balaban J connectivity index is 0.00000261. The molecule has 0 radical (unpaired) electrons. The lowest BCUT2D eigenvalue weighted by Crippen LogP contribution is -2.52. The Labute approximate surface area is 177 Å². The van der Waals surface area contributed by atoms with Crippen LogP contribution in [0.15, 0.2) is 32.5 Å². The highest BCUT2D eigenvalue weighted by molar-refractivity contribution is 14.0. The lowest BCUT2D eigenvalue weighted by atomic mass is 9.94. The Bertz CT molecular complexity index is 715. The summed E-state index contributed by atoms with van der Waals surface area (Å²) in [6, 6.07) is 1.91. The van der Waals surface area contributed by atoms with Gasteiger partial charge in [0.25, 0.3) is 0 Å². The van der Waals surface area contributed by atoms with Crippen molar-refractivity contribution in [3.8, 4) is 0 Å². The zero-order valence-corrected chi connectivity index (χ0v) is 18.8. The molecular weight excluding hydrogens is 459 g/mol. The molecular formula is C18H29IN6O2. The topological polar surface area (TPSA) is 82.9 Å². The van der Waals surface area contributed by atoms with E-state index < -0.39 is 0 Å². The average Bonchev–Trinajstić information content (AvgIpc) is 3.28. The Morgan fingerprint density at radius 3 is 2.56 bits per heavy atom. The molecule has 3 rings (SSSR count). The number of hydrogen-bond acceptors (Lipinski definition) is 6. The summed E-state index contributed by atoms with van der Waals surface area (Å²) < 4.78 is 10.7. The fourth-order valence-corrected chi connectivity index (χ4v) is 2.89. The second-order valence-corrected chi connectivity index (χ2v) is 7.52. The highest BCUT2D eigenvalue weighted by Crippen LogP contribution is 2.22.